The minimum atomic E-state index is -1.04. The van der Waals surface area contributed by atoms with Gasteiger partial charge < -0.3 is 26.4 Å². The van der Waals surface area contributed by atoms with Gasteiger partial charge in [0.2, 0.25) is 17.7 Å². The highest BCUT2D eigenvalue weighted by Crippen LogP contribution is 2.20. The SMILES string of the molecule is CC(C)CC(N)C(=O)NC(C)C(=O)NC(C(=O)N1CCCC1C(=O)O)C(C)C. The van der Waals surface area contributed by atoms with Crippen LogP contribution < -0.4 is 16.4 Å². The molecule has 4 atom stereocenters. The van der Waals surface area contributed by atoms with Gasteiger partial charge in [-0.25, -0.2) is 4.79 Å². The third kappa shape index (κ3) is 6.47. The topological polar surface area (TPSA) is 142 Å². The van der Waals surface area contributed by atoms with Crippen molar-refractivity contribution in [3.8, 4) is 0 Å². The molecule has 1 fully saturated rings. The molecule has 0 aromatic heterocycles. The monoisotopic (exact) mass is 398 g/mol. The molecule has 1 heterocycles. The van der Waals surface area contributed by atoms with E-state index < -0.39 is 47.9 Å². The molecular weight excluding hydrogens is 364 g/mol. The van der Waals surface area contributed by atoms with Crippen LogP contribution in [0.3, 0.4) is 0 Å². The minimum absolute atomic E-state index is 0.238. The fourth-order valence-corrected chi connectivity index (χ4v) is 3.26. The smallest absolute Gasteiger partial charge is 0.326 e. The summed E-state index contributed by atoms with van der Waals surface area (Å²) in [7, 11) is 0. The lowest BCUT2D eigenvalue weighted by Crippen LogP contribution is -2.57. The van der Waals surface area contributed by atoms with E-state index in [1.165, 1.54) is 11.8 Å². The summed E-state index contributed by atoms with van der Waals surface area (Å²) in [6.45, 7) is 9.32. The molecule has 9 nitrogen and oxygen atoms in total. The van der Waals surface area contributed by atoms with E-state index in [9.17, 15) is 24.3 Å². The van der Waals surface area contributed by atoms with Crippen molar-refractivity contribution in [3.05, 3.63) is 0 Å². The Kier molecular flexibility index (Phi) is 8.87. The number of carbonyl (C=O) groups excluding carboxylic acids is 3. The number of nitrogens with zero attached hydrogens (tertiary/aromatic N) is 1. The van der Waals surface area contributed by atoms with Gasteiger partial charge in [0, 0.05) is 6.54 Å². The Bertz CT molecular complexity index is 593. The van der Waals surface area contributed by atoms with E-state index in [2.05, 4.69) is 10.6 Å². The standard InChI is InChI=1S/C19H34N4O5/c1-10(2)9-13(20)17(25)21-12(5)16(24)22-15(11(3)4)18(26)23-8-6-7-14(23)19(27)28/h10-15H,6-9,20H2,1-5H3,(H,21,25)(H,22,24)(H,27,28). The Hall–Kier alpha value is -2.16. The quantitative estimate of drug-likeness (QED) is 0.433. The van der Waals surface area contributed by atoms with Gasteiger partial charge in [-0.05, 0) is 38.0 Å². The molecule has 9 heteroatoms. The molecule has 0 spiro atoms. The molecular formula is C19H34N4O5. The van der Waals surface area contributed by atoms with Gasteiger partial charge in [-0.2, -0.15) is 0 Å². The van der Waals surface area contributed by atoms with Crippen LogP contribution in [0.1, 0.15) is 53.9 Å². The summed E-state index contributed by atoms with van der Waals surface area (Å²) in [6, 6.07) is -3.31. The van der Waals surface area contributed by atoms with Gasteiger partial charge in [0.05, 0.1) is 6.04 Å². The highest BCUT2D eigenvalue weighted by molar-refractivity contribution is 5.94. The van der Waals surface area contributed by atoms with E-state index in [4.69, 9.17) is 5.73 Å². The number of carbonyl (C=O) groups is 4. The molecule has 5 N–H and O–H groups in total. The molecule has 4 unspecified atom stereocenters. The Balaban J connectivity index is 2.75. The van der Waals surface area contributed by atoms with E-state index in [1.54, 1.807) is 13.8 Å². The molecule has 0 aromatic carbocycles. The van der Waals surface area contributed by atoms with Crippen molar-refractivity contribution >= 4 is 23.7 Å². The first kappa shape index (κ1) is 23.9. The number of hydrogen-bond donors (Lipinski definition) is 4. The van der Waals surface area contributed by atoms with Gasteiger partial charge in [-0.1, -0.05) is 27.7 Å². The molecule has 28 heavy (non-hydrogen) atoms. The number of likely N-dealkylation sites (tertiary alicyclic amines) is 1. The Labute approximate surface area is 166 Å². The fraction of sp³-hybridized carbons (Fsp3) is 0.789. The number of nitrogens with two attached hydrogens (primary N) is 1. The first-order valence-corrected chi connectivity index (χ1v) is 9.85. The molecule has 1 rings (SSSR count). The number of hydrogen-bond acceptors (Lipinski definition) is 5. The highest BCUT2D eigenvalue weighted by atomic mass is 16.4. The summed E-state index contributed by atoms with van der Waals surface area (Å²) in [4.78, 5) is 50.2. The summed E-state index contributed by atoms with van der Waals surface area (Å²) < 4.78 is 0. The summed E-state index contributed by atoms with van der Waals surface area (Å²) >= 11 is 0. The number of carboxylic acids is 1. The second-order valence-corrected chi connectivity index (χ2v) is 8.22. The van der Waals surface area contributed by atoms with Crippen molar-refractivity contribution in [2.45, 2.75) is 78.0 Å². The second kappa shape index (κ2) is 10.4. The van der Waals surface area contributed by atoms with Crippen molar-refractivity contribution in [3.63, 3.8) is 0 Å². The van der Waals surface area contributed by atoms with Crippen molar-refractivity contribution in [2.24, 2.45) is 17.6 Å². The van der Waals surface area contributed by atoms with Crippen LogP contribution in [-0.4, -0.2) is 64.4 Å². The number of amides is 3. The third-order valence-electron chi connectivity index (χ3n) is 4.87. The van der Waals surface area contributed by atoms with Gasteiger partial charge in [-0.3, -0.25) is 14.4 Å². The summed E-state index contributed by atoms with van der Waals surface area (Å²) in [5.74, 6) is -2.38. The maximum atomic E-state index is 12.9. The molecule has 1 saturated heterocycles. The predicted molar refractivity (Wildman–Crippen MR) is 104 cm³/mol. The van der Waals surface area contributed by atoms with Crippen LogP contribution in [0.5, 0.6) is 0 Å². The van der Waals surface area contributed by atoms with Crippen molar-refractivity contribution in [1.29, 1.82) is 0 Å². The lowest BCUT2D eigenvalue weighted by atomic mass is 10.0. The van der Waals surface area contributed by atoms with E-state index in [0.29, 0.717) is 25.8 Å². The molecule has 3 amide bonds. The average molecular weight is 399 g/mol. The van der Waals surface area contributed by atoms with E-state index in [1.807, 2.05) is 13.8 Å². The van der Waals surface area contributed by atoms with Gasteiger partial charge >= 0.3 is 5.97 Å². The minimum Gasteiger partial charge on any atom is -0.480 e. The first-order chi connectivity index (χ1) is 13.0. The summed E-state index contributed by atoms with van der Waals surface area (Å²) in [5.41, 5.74) is 5.83. The normalized spacial score (nSPS) is 20.0. The molecule has 0 bridgehead atoms. The molecule has 0 aromatic rings. The average Bonchev–Trinajstić information content (AvgIpc) is 3.07. The number of nitrogens with one attached hydrogen (secondary N) is 2. The Morgan fingerprint density at radius 1 is 1.07 bits per heavy atom. The third-order valence-corrected chi connectivity index (χ3v) is 4.87. The zero-order valence-corrected chi connectivity index (χ0v) is 17.4. The fourth-order valence-electron chi connectivity index (χ4n) is 3.26. The molecule has 1 aliphatic rings. The van der Waals surface area contributed by atoms with Crippen LogP contribution in [0, 0.1) is 11.8 Å². The number of carboxylic acid groups (broad SMARTS) is 1. The van der Waals surface area contributed by atoms with Crippen molar-refractivity contribution < 1.29 is 24.3 Å². The van der Waals surface area contributed by atoms with E-state index >= 15 is 0 Å². The van der Waals surface area contributed by atoms with Gasteiger partial charge in [-0.15, -0.1) is 0 Å². The number of aliphatic carboxylic acids is 1. The summed E-state index contributed by atoms with van der Waals surface area (Å²) in [6.07, 6.45) is 1.51. The lowest BCUT2D eigenvalue weighted by molar-refractivity contribution is -0.150. The largest absolute Gasteiger partial charge is 0.480 e. The first-order valence-electron chi connectivity index (χ1n) is 9.85. The van der Waals surface area contributed by atoms with E-state index in [-0.39, 0.29) is 11.8 Å². The lowest BCUT2D eigenvalue weighted by Gasteiger charge is -2.30. The van der Waals surface area contributed by atoms with Gasteiger partial charge in [0.1, 0.15) is 18.1 Å². The molecule has 0 radical (unpaired) electrons. The van der Waals surface area contributed by atoms with Crippen molar-refractivity contribution in [1.82, 2.24) is 15.5 Å². The molecule has 1 aliphatic heterocycles. The predicted octanol–water partition coefficient (Wildman–Crippen LogP) is 0.0809. The van der Waals surface area contributed by atoms with Crippen LogP contribution >= 0.6 is 0 Å². The Morgan fingerprint density at radius 2 is 1.68 bits per heavy atom. The molecule has 0 aliphatic carbocycles. The maximum absolute atomic E-state index is 12.9. The zero-order valence-electron chi connectivity index (χ0n) is 17.4. The van der Waals surface area contributed by atoms with Gasteiger partial charge in [0.25, 0.3) is 0 Å². The van der Waals surface area contributed by atoms with Gasteiger partial charge in [0.15, 0.2) is 0 Å². The highest BCUT2D eigenvalue weighted by Gasteiger charge is 2.39. The second-order valence-electron chi connectivity index (χ2n) is 8.22. The van der Waals surface area contributed by atoms with Crippen LogP contribution in [0.2, 0.25) is 0 Å². The van der Waals surface area contributed by atoms with E-state index in [0.717, 1.165) is 0 Å². The molecule has 0 saturated carbocycles. The van der Waals surface area contributed by atoms with Crippen LogP contribution in [0.25, 0.3) is 0 Å². The van der Waals surface area contributed by atoms with Crippen LogP contribution in [0.4, 0.5) is 0 Å². The maximum Gasteiger partial charge on any atom is 0.326 e. The molecule has 160 valence electrons. The van der Waals surface area contributed by atoms with Crippen LogP contribution in [-0.2, 0) is 19.2 Å². The summed E-state index contributed by atoms with van der Waals surface area (Å²) in [5, 5.41) is 14.5. The van der Waals surface area contributed by atoms with Crippen LogP contribution in [0.15, 0.2) is 0 Å². The zero-order chi connectivity index (χ0) is 21.6. The van der Waals surface area contributed by atoms with Crippen molar-refractivity contribution in [2.75, 3.05) is 6.54 Å². The number of rotatable bonds is 9. The Morgan fingerprint density at radius 3 is 2.18 bits per heavy atom.